The summed E-state index contributed by atoms with van der Waals surface area (Å²) in [6.45, 7) is 0. The zero-order chi connectivity index (χ0) is 11.4. The minimum Gasteiger partial charge on any atom is -0.306 e. The smallest absolute Gasteiger partial charge is 0.160 e. The molecular formula is C11H10N2O2S. The van der Waals surface area contributed by atoms with Crippen LogP contribution in [0.2, 0.25) is 0 Å². The molecule has 4 nitrogen and oxygen atoms in total. The maximum atomic E-state index is 10.6. The normalized spacial score (nSPS) is 12.3. The Kier molecular flexibility index (Phi) is 3.38. The van der Waals surface area contributed by atoms with Crippen molar-refractivity contribution in [3.05, 3.63) is 48.5 Å². The second-order valence-electron chi connectivity index (χ2n) is 3.22. The molecule has 1 N–H and O–H groups in total. The highest BCUT2D eigenvalue weighted by atomic mass is 32.2. The molecule has 1 unspecified atom stereocenters. The summed E-state index contributed by atoms with van der Waals surface area (Å²) in [5.41, 5.74) is 1.92. The molecule has 0 bridgehead atoms. The molecule has 1 heterocycles. The van der Waals surface area contributed by atoms with Crippen LogP contribution in [0.1, 0.15) is 5.82 Å². The minimum absolute atomic E-state index is 0.0327. The van der Waals surface area contributed by atoms with Crippen LogP contribution >= 0.6 is 0 Å². The highest BCUT2D eigenvalue weighted by Gasteiger charge is 2.02. The Morgan fingerprint density at radius 3 is 2.25 bits per heavy atom. The van der Waals surface area contributed by atoms with Crippen LogP contribution in [0.15, 0.2) is 42.7 Å². The van der Waals surface area contributed by atoms with Crippen molar-refractivity contribution in [2.75, 3.05) is 0 Å². The zero-order valence-electron chi connectivity index (χ0n) is 8.41. The molecule has 1 atom stereocenters. The molecule has 0 aliphatic rings. The molecule has 0 saturated carbocycles. The van der Waals surface area contributed by atoms with E-state index in [1.807, 2.05) is 30.3 Å². The fraction of sp³-hybridized carbons (Fsp3) is 0.0909. The number of hydrogen-bond acceptors (Lipinski definition) is 3. The van der Waals surface area contributed by atoms with Gasteiger partial charge in [0.15, 0.2) is 11.1 Å². The van der Waals surface area contributed by atoms with E-state index in [1.165, 1.54) is 0 Å². The summed E-state index contributed by atoms with van der Waals surface area (Å²) in [5.74, 6) is 0.343. The van der Waals surface area contributed by atoms with Crippen molar-refractivity contribution >= 4 is 11.1 Å². The molecule has 0 fully saturated rings. The van der Waals surface area contributed by atoms with Crippen molar-refractivity contribution in [1.29, 1.82) is 0 Å². The van der Waals surface area contributed by atoms with E-state index in [-0.39, 0.29) is 5.75 Å². The fourth-order valence-corrected chi connectivity index (χ4v) is 1.69. The number of benzene rings is 1. The summed E-state index contributed by atoms with van der Waals surface area (Å²) in [7, 11) is 0. The van der Waals surface area contributed by atoms with Crippen LogP contribution in [-0.2, 0) is 16.8 Å². The Morgan fingerprint density at radius 1 is 1.06 bits per heavy atom. The second kappa shape index (κ2) is 4.96. The van der Waals surface area contributed by atoms with Gasteiger partial charge in [0.05, 0.1) is 0 Å². The average Bonchev–Trinajstić information content (AvgIpc) is 2.30. The van der Waals surface area contributed by atoms with Gasteiger partial charge in [-0.05, 0) is 5.56 Å². The van der Waals surface area contributed by atoms with Gasteiger partial charge in [0.25, 0.3) is 0 Å². The fourth-order valence-electron chi connectivity index (χ4n) is 1.32. The van der Waals surface area contributed by atoms with Crippen LogP contribution in [0.25, 0.3) is 11.1 Å². The molecule has 0 aliphatic carbocycles. The minimum atomic E-state index is -1.89. The molecule has 0 amide bonds. The Hall–Kier alpha value is -1.59. The van der Waals surface area contributed by atoms with Gasteiger partial charge in [-0.2, -0.15) is 0 Å². The first-order chi connectivity index (χ1) is 7.75. The largest absolute Gasteiger partial charge is 0.306 e. The van der Waals surface area contributed by atoms with Crippen LogP contribution in [0.4, 0.5) is 0 Å². The van der Waals surface area contributed by atoms with Gasteiger partial charge in [-0.25, -0.2) is 14.2 Å². The summed E-state index contributed by atoms with van der Waals surface area (Å²) < 4.78 is 19.2. The van der Waals surface area contributed by atoms with E-state index >= 15 is 0 Å². The van der Waals surface area contributed by atoms with E-state index < -0.39 is 11.1 Å². The first-order valence-corrected chi connectivity index (χ1v) is 5.97. The molecule has 0 saturated heterocycles. The van der Waals surface area contributed by atoms with E-state index in [2.05, 4.69) is 9.97 Å². The number of aromatic nitrogens is 2. The van der Waals surface area contributed by atoms with Gasteiger partial charge in [0, 0.05) is 18.0 Å². The standard InChI is InChI=1S/C11H10N2O2S/c14-16(15)8-11-12-6-10(7-13-11)9-4-2-1-3-5-9/h1-7H,8H2,(H,14,15). The van der Waals surface area contributed by atoms with Gasteiger partial charge in [0.1, 0.15) is 11.6 Å². The predicted molar refractivity (Wildman–Crippen MR) is 61.9 cm³/mol. The lowest BCUT2D eigenvalue weighted by molar-refractivity contribution is 0.562. The Labute approximate surface area is 95.7 Å². The number of nitrogens with zero attached hydrogens (tertiary/aromatic N) is 2. The molecular weight excluding hydrogens is 224 g/mol. The SMILES string of the molecule is O=S(O)Cc1ncc(-c2ccccc2)cn1. The molecule has 82 valence electrons. The van der Waals surface area contributed by atoms with E-state index in [0.29, 0.717) is 5.82 Å². The third kappa shape index (κ3) is 2.71. The Morgan fingerprint density at radius 2 is 1.69 bits per heavy atom. The van der Waals surface area contributed by atoms with Gasteiger partial charge in [-0.1, -0.05) is 30.3 Å². The Balaban J connectivity index is 2.23. The third-order valence-electron chi connectivity index (χ3n) is 2.07. The van der Waals surface area contributed by atoms with Crippen LogP contribution in [0.3, 0.4) is 0 Å². The van der Waals surface area contributed by atoms with Crippen LogP contribution in [0.5, 0.6) is 0 Å². The quantitative estimate of drug-likeness (QED) is 0.823. The lowest BCUT2D eigenvalue weighted by atomic mass is 10.1. The van der Waals surface area contributed by atoms with Gasteiger partial charge < -0.3 is 4.55 Å². The van der Waals surface area contributed by atoms with Crippen LogP contribution in [0, 0.1) is 0 Å². The van der Waals surface area contributed by atoms with Crippen LogP contribution < -0.4 is 0 Å². The topological polar surface area (TPSA) is 63.1 Å². The maximum absolute atomic E-state index is 10.6. The van der Waals surface area contributed by atoms with Gasteiger partial charge >= 0.3 is 0 Å². The summed E-state index contributed by atoms with van der Waals surface area (Å²) in [4.78, 5) is 8.06. The molecule has 1 aromatic carbocycles. The highest BCUT2D eigenvalue weighted by molar-refractivity contribution is 7.78. The lowest BCUT2D eigenvalue weighted by Gasteiger charge is -2.01. The number of rotatable bonds is 3. The first-order valence-electron chi connectivity index (χ1n) is 4.69. The molecule has 2 rings (SSSR count). The van der Waals surface area contributed by atoms with Crippen molar-refractivity contribution in [2.45, 2.75) is 5.75 Å². The van der Waals surface area contributed by atoms with Gasteiger partial charge in [-0.3, -0.25) is 0 Å². The molecule has 0 aliphatic heterocycles. The molecule has 1 aromatic heterocycles. The van der Waals surface area contributed by atoms with E-state index in [0.717, 1.165) is 11.1 Å². The van der Waals surface area contributed by atoms with Crippen molar-refractivity contribution in [3.8, 4) is 11.1 Å². The molecule has 0 spiro atoms. The Bertz CT molecular complexity index is 485. The second-order valence-corrected chi connectivity index (χ2v) is 4.15. The summed E-state index contributed by atoms with van der Waals surface area (Å²) in [6, 6.07) is 9.73. The molecule has 16 heavy (non-hydrogen) atoms. The summed E-state index contributed by atoms with van der Waals surface area (Å²) in [6.07, 6.45) is 3.31. The van der Waals surface area contributed by atoms with E-state index in [1.54, 1.807) is 12.4 Å². The maximum Gasteiger partial charge on any atom is 0.160 e. The van der Waals surface area contributed by atoms with Crippen molar-refractivity contribution in [1.82, 2.24) is 9.97 Å². The van der Waals surface area contributed by atoms with E-state index in [4.69, 9.17) is 4.55 Å². The molecule has 0 radical (unpaired) electrons. The van der Waals surface area contributed by atoms with E-state index in [9.17, 15) is 4.21 Å². The van der Waals surface area contributed by atoms with Crippen LogP contribution in [-0.4, -0.2) is 18.7 Å². The lowest BCUT2D eigenvalue weighted by Crippen LogP contribution is -1.99. The highest BCUT2D eigenvalue weighted by Crippen LogP contribution is 2.16. The monoisotopic (exact) mass is 234 g/mol. The predicted octanol–water partition coefficient (Wildman–Crippen LogP) is 1.87. The first kappa shape index (κ1) is 10.9. The van der Waals surface area contributed by atoms with Gasteiger partial charge in [-0.15, -0.1) is 0 Å². The summed E-state index contributed by atoms with van der Waals surface area (Å²) in [5, 5.41) is 0. The summed E-state index contributed by atoms with van der Waals surface area (Å²) >= 11 is -1.89. The third-order valence-corrected chi connectivity index (χ3v) is 2.57. The molecule has 2 aromatic rings. The van der Waals surface area contributed by atoms with Crippen molar-refractivity contribution in [3.63, 3.8) is 0 Å². The zero-order valence-corrected chi connectivity index (χ0v) is 9.22. The van der Waals surface area contributed by atoms with Crippen molar-refractivity contribution < 1.29 is 8.76 Å². The number of hydrogen-bond donors (Lipinski definition) is 1. The van der Waals surface area contributed by atoms with Gasteiger partial charge in [0.2, 0.25) is 0 Å². The molecule has 5 heteroatoms. The van der Waals surface area contributed by atoms with Crippen molar-refractivity contribution in [2.24, 2.45) is 0 Å². The average molecular weight is 234 g/mol.